The number of hydrogen-bond donors (Lipinski definition) is 1. The first-order chi connectivity index (χ1) is 10.6. The quantitative estimate of drug-likeness (QED) is 0.718. The van der Waals surface area contributed by atoms with Crippen molar-refractivity contribution in [3.63, 3.8) is 0 Å². The van der Waals surface area contributed by atoms with Gasteiger partial charge >= 0.3 is 0 Å². The van der Waals surface area contributed by atoms with Crippen LogP contribution in [0, 0.1) is 0 Å². The summed E-state index contributed by atoms with van der Waals surface area (Å²) in [5.74, 6) is -0.256. The van der Waals surface area contributed by atoms with E-state index in [9.17, 15) is 18.0 Å². The first-order valence-electron chi connectivity index (χ1n) is 7.77. The van der Waals surface area contributed by atoms with E-state index >= 15 is 0 Å². The van der Waals surface area contributed by atoms with E-state index in [2.05, 4.69) is 5.32 Å². The molecule has 2 aliphatic heterocycles. The molecule has 0 aromatic rings. The Hall–Kier alpha value is -1.19. The highest BCUT2D eigenvalue weighted by molar-refractivity contribution is 7.88. The van der Waals surface area contributed by atoms with Crippen molar-refractivity contribution in [2.45, 2.75) is 38.3 Å². The molecule has 2 fully saturated rings. The molecule has 0 aromatic heterocycles. The highest BCUT2D eigenvalue weighted by Crippen LogP contribution is 2.24. The van der Waals surface area contributed by atoms with Crippen LogP contribution in [0.1, 0.15) is 26.7 Å². The SMILES string of the molecule is CC(=O)NC1CCN(C(=O)[C@@]2(C)CN(S(C)(=O)=O)CCO2)CC1. The smallest absolute Gasteiger partial charge is 0.255 e. The summed E-state index contributed by atoms with van der Waals surface area (Å²) in [6.07, 6.45) is 2.52. The number of nitrogens with one attached hydrogen (secondary N) is 1. The van der Waals surface area contributed by atoms with Crippen molar-refractivity contribution >= 4 is 21.8 Å². The summed E-state index contributed by atoms with van der Waals surface area (Å²) in [7, 11) is -3.35. The number of carbonyl (C=O) groups is 2. The summed E-state index contributed by atoms with van der Waals surface area (Å²) in [6.45, 7) is 4.70. The predicted molar refractivity (Wildman–Crippen MR) is 84.2 cm³/mol. The minimum atomic E-state index is -3.35. The molecule has 2 amide bonds. The lowest BCUT2D eigenvalue weighted by Crippen LogP contribution is -2.61. The molecule has 2 rings (SSSR count). The number of amides is 2. The molecule has 0 spiro atoms. The second-order valence-corrected chi connectivity index (χ2v) is 8.43. The highest BCUT2D eigenvalue weighted by atomic mass is 32.2. The van der Waals surface area contributed by atoms with Crippen LogP contribution >= 0.6 is 0 Å². The van der Waals surface area contributed by atoms with E-state index in [0.717, 1.165) is 6.26 Å². The van der Waals surface area contributed by atoms with E-state index < -0.39 is 15.6 Å². The number of nitrogens with zero attached hydrogens (tertiary/aromatic N) is 2. The molecule has 0 radical (unpaired) electrons. The van der Waals surface area contributed by atoms with Crippen molar-refractivity contribution in [2.24, 2.45) is 0 Å². The Morgan fingerprint density at radius 2 is 1.83 bits per heavy atom. The Morgan fingerprint density at radius 3 is 2.35 bits per heavy atom. The minimum Gasteiger partial charge on any atom is -0.363 e. The van der Waals surface area contributed by atoms with E-state index in [4.69, 9.17) is 4.74 Å². The lowest BCUT2D eigenvalue weighted by Gasteiger charge is -2.42. The summed E-state index contributed by atoms with van der Waals surface area (Å²) >= 11 is 0. The fourth-order valence-corrected chi connectivity index (χ4v) is 3.98. The van der Waals surface area contributed by atoms with Crippen LogP contribution in [0.2, 0.25) is 0 Å². The molecule has 0 bridgehead atoms. The van der Waals surface area contributed by atoms with Crippen LogP contribution in [0.5, 0.6) is 0 Å². The molecule has 0 saturated carbocycles. The van der Waals surface area contributed by atoms with Crippen LogP contribution in [0.25, 0.3) is 0 Å². The number of rotatable bonds is 3. The second-order valence-electron chi connectivity index (χ2n) is 6.44. The van der Waals surface area contributed by atoms with Gasteiger partial charge in [-0.25, -0.2) is 8.42 Å². The Morgan fingerprint density at radius 1 is 1.22 bits per heavy atom. The molecule has 2 aliphatic rings. The van der Waals surface area contributed by atoms with E-state index in [1.165, 1.54) is 11.2 Å². The maximum absolute atomic E-state index is 12.8. The van der Waals surface area contributed by atoms with E-state index in [1.54, 1.807) is 11.8 Å². The van der Waals surface area contributed by atoms with Gasteiger partial charge < -0.3 is 15.0 Å². The highest BCUT2D eigenvalue weighted by Gasteiger charge is 2.44. The molecule has 132 valence electrons. The normalized spacial score (nSPS) is 27.7. The number of ether oxygens (including phenoxy) is 1. The van der Waals surface area contributed by atoms with Crippen molar-refractivity contribution in [3.8, 4) is 0 Å². The standard InChI is InChI=1S/C14H25N3O5S/c1-11(18)15-12-4-6-16(7-5-12)13(19)14(2)10-17(8-9-22-14)23(3,20)21/h12H,4-10H2,1-3H3,(H,15,18)/t14-/m1/s1. The Bertz CT molecular complexity index is 571. The van der Waals surface area contributed by atoms with Crippen molar-refractivity contribution in [2.75, 3.05) is 39.0 Å². The molecule has 0 aliphatic carbocycles. The number of hydrogen-bond acceptors (Lipinski definition) is 5. The van der Waals surface area contributed by atoms with Gasteiger partial charge in [0.2, 0.25) is 15.9 Å². The van der Waals surface area contributed by atoms with Crippen molar-refractivity contribution in [1.29, 1.82) is 0 Å². The summed E-state index contributed by atoms with van der Waals surface area (Å²) in [5.41, 5.74) is -1.15. The number of piperidine rings is 1. The maximum Gasteiger partial charge on any atom is 0.255 e. The molecule has 1 atom stereocenters. The van der Waals surface area contributed by atoms with Gasteiger partial charge in [0.1, 0.15) is 0 Å². The molecule has 2 heterocycles. The minimum absolute atomic E-state index is 0.0380. The van der Waals surface area contributed by atoms with Crippen LogP contribution in [0.3, 0.4) is 0 Å². The zero-order valence-corrected chi connectivity index (χ0v) is 14.7. The molecule has 0 unspecified atom stereocenters. The van der Waals surface area contributed by atoms with Gasteiger partial charge in [-0.1, -0.05) is 0 Å². The molecular weight excluding hydrogens is 322 g/mol. The average molecular weight is 347 g/mol. The lowest BCUT2D eigenvalue weighted by atomic mass is 9.99. The van der Waals surface area contributed by atoms with Gasteiger partial charge in [0.25, 0.3) is 5.91 Å². The van der Waals surface area contributed by atoms with Crippen LogP contribution in [-0.4, -0.2) is 80.1 Å². The third kappa shape index (κ3) is 4.42. The Labute approximate surface area is 137 Å². The number of carbonyl (C=O) groups excluding carboxylic acids is 2. The topological polar surface area (TPSA) is 96.0 Å². The van der Waals surface area contributed by atoms with Gasteiger partial charge in [0, 0.05) is 32.6 Å². The van der Waals surface area contributed by atoms with E-state index in [1.807, 2.05) is 0 Å². The second kappa shape index (κ2) is 6.74. The van der Waals surface area contributed by atoms with E-state index in [0.29, 0.717) is 25.9 Å². The summed E-state index contributed by atoms with van der Waals surface area (Å²) in [5, 5.41) is 2.86. The average Bonchev–Trinajstić information content (AvgIpc) is 2.46. The van der Waals surface area contributed by atoms with Gasteiger partial charge in [-0.15, -0.1) is 0 Å². The van der Waals surface area contributed by atoms with Crippen molar-refractivity contribution < 1.29 is 22.7 Å². The van der Waals surface area contributed by atoms with Gasteiger partial charge in [-0.3, -0.25) is 9.59 Å². The third-order valence-electron chi connectivity index (χ3n) is 4.35. The maximum atomic E-state index is 12.8. The summed E-state index contributed by atoms with van der Waals surface area (Å²) in [4.78, 5) is 25.5. The zero-order chi connectivity index (χ0) is 17.3. The van der Waals surface area contributed by atoms with Crippen molar-refractivity contribution in [3.05, 3.63) is 0 Å². The predicted octanol–water partition coefficient (Wildman–Crippen LogP) is -0.836. The third-order valence-corrected chi connectivity index (χ3v) is 5.60. The first-order valence-corrected chi connectivity index (χ1v) is 9.62. The molecular formula is C14H25N3O5S. The van der Waals surface area contributed by atoms with Gasteiger partial charge in [-0.05, 0) is 19.8 Å². The number of likely N-dealkylation sites (tertiary alicyclic amines) is 1. The molecule has 23 heavy (non-hydrogen) atoms. The monoisotopic (exact) mass is 347 g/mol. The summed E-state index contributed by atoms with van der Waals surface area (Å²) < 4.78 is 30.4. The molecule has 1 N–H and O–H groups in total. The number of sulfonamides is 1. The van der Waals surface area contributed by atoms with Gasteiger partial charge in [0.15, 0.2) is 5.60 Å². The fraction of sp³-hybridized carbons (Fsp3) is 0.857. The van der Waals surface area contributed by atoms with Crippen LogP contribution in [0.15, 0.2) is 0 Å². The van der Waals surface area contributed by atoms with Crippen LogP contribution in [-0.2, 0) is 24.3 Å². The number of morpholine rings is 1. The molecule has 9 heteroatoms. The summed E-state index contributed by atoms with van der Waals surface area (Å²) in [6, 6.07) is 0.0872. The first kappa shape index (κ1) is 18.2. The van der Waals surface area contributed by atoms with Gasteiger partial charge in [0.05, 0.1) is 19.4 Å². The molecule has 2 saturated heterocycles. The molecule has 8 nitrogen and oxygen atoms in total. The Balaban J connectivity index is 1.98. The lowest BCUT2D eigenvalue weighted by molar-refractivity contribution is -0.164. The zero-order valence-electron chi connectivity index (χ0n) is 13.9. The molecule has 0 aromatic carbocycles. The van der Waals surface area contributed by atoms with Crippen molar-refractivity contribution in [1.82, 2.24) is 14.5 Å². The van der Waals surface area contributed by atoms with E-state index in [-0.39, 0.29) is 37.6 Å². The largest absolute Gasteiger partial charge is 0.363 e. The Kier molecular flexibility index (Phi) is 5.32. The fourth-order valence-electron chi connectivity index (χ4n) is 3.10. The van der Waals surface area contributed by atoms with Crippen LogP contribution in [0.4, 0.5) is 0 Å². The van der Waals surface area contributed by atoms with Crippen LogP contribution < -0.4 is 5.32 Å². The van der Waals surface area contributed by atoms with Gasteiger partial charge in [-0.2, -0.15) is 4.31 Å².